The fourth-order valence-electron chi connectivity index (χ4n) is 2.28. The molecule has 0 spiro atoms. The quantitative estimate of drug-likeness (QED) is 0.732. The number of nitrogens with one attached hydrogen (secondary N) is 1. The van der Waals surface area contributed by atoms with Crippen LogP contribution in [0.4, 0.5) is 19.1 Å². The van der Waals surface area contributed by atoms with Crippen LogP contribution in [0.1, 0.15) is 11.3 Å². The minimum Gasteiger partial charge on any atom is -0.508 e. The number of phenols is 1. The molecule has 0 saturated heterocycles. The average molecular weight is 345 g/mol. The van der Waals surface area contributed by atoms with E-state index in [1.54, 1.807) is 42.5 Å². The summed E-state index contributed by atoms with van der Waals surface area (Å²) < 4.78 is 39.4. The molecule has 25 heavy (non-hydrogen) atoms. The molecule has 3 aromatic rings. The van der Waals surface area contributed by atoms with E-state index in [1.807, 2.05) is 0 Å². The van der Waals surface area contributed by atoms with E-state index >= 15 is 0 Å². The van der Waals surface area contributed by atoms with Gasteiger partial charge in [0, 0.05) is 12.1 Å². The van der Waals surface area contributed by atoms with Gasteiger partial charge in [-0.15, -0.1) is 0 Å². The Balaban J connectivity index is 1.92. The highest BCUT2D eigenvalue weighted by molar-refractivity contribution is 5.60. The van der Waals surface area contributed by atoms with Crippen molar-refractivity contribution in [2.45, 2.75) is 12.7 Å². The molecule has 0 atom stereocenters. The molecule has 0 aliphatic rings. The number of halogens is 3. The van der Waals surface area contributed by atoms with Crippen LogP contribution in [-0.2, 0) is 12.7 Å². The van der Waals surface area contributed by atoms with Gasteiger partial charge in [0.2, 0.25) is 5.95 Å². The second-order valence-corrected chi connectivity index (χ2v) is 5.35. The number of anilines is 1. The Morgan fingerprint density at radius 3 is 2.36 bits per heavy atom. The van der Waals surface area contributed by atoms with Crippen LogP contribution in [0.3, 0.4) is 0 Å². The molecule has 0 fully saturated rings. The number of benzene rings is 2. The van der Waals surface area contributed by atoms with E-state index in [4.69, 9.17) is 0 Å². The molecule has 7 heteroatoms. The predicted octanol–water partition coefficient (Wildman–Crippen LogP) is 4.48. The van der Waals surface area contributed by atoms with E-state index in [9.17, 15) is 18.3 Å². The molecule has 1 heterocycles. The first-order chi connectivity index (χ1) is 11.9. The lowest BCUT2D eigenvalue weighted by Crippen LogP contribution is -2.12. The number of phenolic OH excluding ortho intramolecular Hbond substituents is 1. The van der Waals surface area contributed by atoms with Gasteiger partial charge in [0.25, 0.3) is 0 Å². The summed E-state index contributed by atoms with van der Waals surface area (Å²) >= 11 is 0. The molecular formula is C18H14F3N3O. The van der Waals surface area contributed by atoms with E-state index in [0.29, 0.717) is 11.1 Å². The Morgan fingerprint density at radius 2 is 1.68 bits per heavy atom. The Bertz CT molecular complexity index is 867. The first-order valence-electron chi connectivity index (χ1n) is 7.45. The molecule has 1 aromatic heterocycles. The van der Waals surface area contributed by atoms with Crippen molar-refractivity contribution in [2.75, 3.05) is 5.32 Å². The van der Waals surface area contributed by atoms with Crippen LogP contribution in [0.25, 0.3) is 11.3 Å². The van der Waals surface area contributed by atoms with Crippen molar-refractivity contribution in [2.24, 2.45) is 0 Å². The topological polar surface area (TPSA) is 58.0 Å². The maximum Gasteiger partial charge on any atom is 0.433 e. The molecule has 2 N–H and O–H groups in total. The Kier molecular flexibility index (Phi) is 4.56. The van der Waals surface area contributed by atoms with E-state index in [2.05, 4.69) is 15.3 Å². The van der Waals surface area contributed by atoms with Crippen LogP contribution in [-0.4, -0.2) is 15.1 Å². The van der Waals surface area contributed by atoms with Crippen molar-refractivity contribution in [3.63, 3.8) is 0 Å². The molecular weight excluding hydrogens is 331 g/mol. The SMILES string of the molecule is Oc1cccc(CNc2nc(-c3ccccc3)cc(C(F)(F)F)n2)c1. The van der Waals surface area contributed by atoms with Crippen molar-refractivity contribution in [1.29, 1.82) is 0 Å². The molecule has 0 radical (unpaired) electrons. The van der Waals surface area contributed by atoms with Crippen LogP contribution in [0.5, 0.6) is 5.75 Å². The fraction of sp³-hybridized carbons (Fsp3) is 0.111. The lowest BCUT2D eigenvalue weighted by atomic mass is 10.1. The predicted molar refractivity (Wildman–Crippen MR) is 87.9 cm³/mol. The third kappa shape index (κ3) is 4.26. The second kappa shape index (κ2) is 6.80. The van der Waals surface area contributed by atoms with Gasteiger partial charge in [0.15, 0.2) is 5.69 Å². The van der Waals surface area contributed by atoms with Crippen molar-refractivity contribution in [3.8, 4) is 17.0 Å². The van der Waals surface area contributed by atoms with Crippen molar-refractivity contribution in [1.82, 2.24) is 9.97 Å². The minimum atomic E-state index is -4.58. The van der Waals surface area contributed by atoms with Crippen LogP contribution < -0.4 is 5.32 Å². The number of aromatic nitrogens is 2. The Morgan fingerprint density at radius 1 is 0.920 bits per heavy atom. The average Bonchev–Trinajstić information content (AvgIpc) is 2.60. The van der Waals surface area contributed by atoms with Gasteiger partial charge in [-0.1, -0.05) is 42.5 Å². The Hall–Kier alpha value is -3.09. The van der Waals surface area contributed by atoms with Gasteiger partial charge < -0.3 is 10.4 Å². The number of rotatable bonds is 4. The van der Waals surface area contributed by atoms with Gasteiger partial charge in [-0.2, -0.15) is 13.2 Å². The normalized spacial score (nSPS) is 11.3. The van der Waals surface area contributed by atoms with Gasteiger partial charge in [0.1, 0.15) is 5.75 Å². The highest BCUT2D eigenvalue weighted by atomic mass is 19.4. The maximum atomic E-state index is 13.1. The van der Waals surface area contributed by atoms with Crippen molar-refractivity contribution in [3.05, 3.63) is 71.9 Å². The highest BCUT2D eigenvalue weighted by Crippen LogP contribution is 2.31. The molecule has 0 bridgehead atoms. The zero-order chi connectivity index (χ0) is 17.9. The Labute approximate surface area is 142 Å². The summed E-state index contributed by atoms with van der Waals surface area (Å²) in [6, 6.07) is 15.9. The summed E-state index contributed by atoms with van der Waals surface area (Å²) in [6.45, 7) is 0.184. The van der Waals surface area contributed by atoms with Crippen LogP contribution >= 0.6 is 0 Å². The van der Waals surface area contributed by atoms with E-state index in [-0.39, 0.29) is 23.9 Å². The summed E-state index contributed by atoms with van der Waals surface area (Å²) in [5.41, 5.74) is 0.430. The van der Waals surface area contributed by atoms with E-state index in [0.717, 1.165) is 6.07 Å². The van der Waals surface area contributed by atoms with Gasteiger partial charge in [-0.05, 0) is 23.8 Å². The maximum absolute atomic E-state index is 13.1. The van der Waals surface area contributed by atoms with Crippen molar-refractivity contribution >= 4 is 5.95 Å². The number of hydrogen-bond donors (Lipinski definition) is 2. The lowest BCUT2D eigenvalue weighted by molar-refractivity contribution is -0.141. The van der Waals surface area contributed by atoms with Gasteiger partial charge >= 0.3 is 6.18 Å². The summed E-state index contributed by atoms with van der Waals surface area (Å²) in [4.78, 5) is 7.73. The minimum absolute atomic E-state index is 0.0780. The summed E-state index contributed by atoms with van der Waals surface area (Å²) in [6.07, 6.45) is -4.58. The summed E-state index contributed by atoms with van der Waals surface area (Å²) in [5.74, 6) is -0.0498. The van der Waals surface area contributed by atoms with Crippen LogP contribution in [0.15, 0.2) is 60.7 Å². The van der Waals surface area contributed by atoms with E-state index in [1.165, 1.54) is 12.1 Å². The van der Waals surface area contributed by atoms with Gasteiger partial charge in [-0.25, -0.2) is 9.97 Å². The first-order valence-corrected chi connectivity index (χ1v) is 7.45. The smallest absolute Gasteiger partial charge is 0.433 e. The van der Waals surface area contributed by atoms with Crippen LogP contribution in [0, 0.1) is 0 Å². The molecule has 0 aliphatic heterocycles. The molecule has 3 rings (SSSR count). The number of alkyl halides is 3. The third-order valence-electron chi connectivity index (χ3n) is 3.45. The zero-order valence-corrected chi connectivity index (χ0v) is 13.0. The number of nitrogens with zero attached hydrogens (tertiary/aromatic N) is 2. The summed E-state index contributed by atoms with van der Waals surface area (Å²) in [5, 5.41) is 12.2. The van der Waals surface area contributed by atoms with E-state index < -0.39 is 11.9 Å². The molecule has 128 valence electrons. The zero-order valence-electron chi connectivity index (χ0n) is 13.0. The largest absolute Gasteiger partial charge is 0.508 e. The number of aromatic hydroxyl groups is 1. The molecule has 2 aromatic carbocycles. The molecule has 0 amide bonds. The summed E-state index contributed by atoms with van der Waals surface area (Å²) in [7, 11) is 0. The molecule has 4 nitrogen and oxygen atoms in total. The first kappa shape index (κ1) is 16.8. The molecule has 0 saturated carbocycles. The van der Waals surface area contributed by atoms with Gasteiger partial charge in [-0.3, -0.25) is 0 Å². The molecule has 0 unspecified atom stereocenters. The van der Waals surface area contributed by atoms with Crippen LogP contribution in [0.2, 0.25) is 0 Å². The second-order valence-electron chi connectivity index (χ2n) is 5.35. The number of hydrogen-bond acceptors (Lipinski definition) is 4. The third-order valence-corrected chi connectivity index (χ3v) is 3.45. The monoisotopic (exact) mass is 345 g/mol. The van der Waals surface area contributed by atoms with Crippen molar-refractivity contribution < 1.29 is 18.3 Å². The highest BCUT2D eigenvalue weighted by Gasteiger charge is 2.33. The standard InChI is InChI=1S/C18H14F3N3O/c19-18(20,21)16-10-15(13-6-2-1-3-7-13)23-17(24-16)22-11-12-5-4-8-14(25)9-12/h1-10,25H,11H2,(H,22,23,24). The fourth-order valence-corrected chi connectivity index (χ4v) is 2.28. The lowest BCUT2D eigenvalue weighted by Gasteiger charge is -2.12. The molecule has 0 aliphatic carbocycles. The van der Waals surface area contributed by atoms with Gasteiger partial charge in [0.05, 0.1) is 5.69 Å².